The molecule has 9 heteroatoms. The van der Waals surface area contributed by atoms with Crippen molar-refractivity contribution in [3.05, 3.63) is 12.4 Å². The van der Waals surface area contributed by atoms with E-state index in [-0.39, 0.29) is 28.5 Å². The van der Waals surface area contributed by atoms with Gasteiger partial charge in [0.25, 0.3) is 0 Å². The van der Waals surface area contributed by atoms with E-state index < -0.39 is 18.0 Å². The highest BCUT2D eigenvalue weighted by Crippen LogP contribution is 2.64. The molecule has 0 radical (unpaired) electrons. The minimum atomic E-state index is -0.541. The summed E-state index contributed by atoms with van der Waals surface area (Å²) < 4.78 is 11.1. The number of nitrogens with zero attached hydrogens (tertiary/aromatic N) is 2. The molecule has 8 nitrogen and oxygen atoms in total. The summed E-state index contributed by atoms with van der Waals surface area (Å²) in [6.45, 7) is 0. The first-order chi connectivity index (χ1) is 14.2. The SMILES string of the molecule is COC(=O)CC(CC(=O)OC)n1cc(NC(=O)C23C[C@@H]4C[C@@H](CC(Br)(C4)C2)C3)cn1. The molecule has 4 fully saturated rings. The molecule has 1 heterocycles. The minimum absolute atomic E-state index is 0.0138. The van der Waals surface area contributed by atoms with Crippen LogP contribution in [0, 0.1) is 17.3 Å². The summed E-state index contributed by atoms with van der Waals surface area (Å²) in [4.78, 5) is 36.8. The zero-order chi connectivity index (χ0) is 21.5. The number of methoxy groups -OCH3 is 2. The maximum absolute atomic E-state index is 13.3. The summed E-state index contributed by atoms with van der Waals surface area (Å²) in [6, 6.07) is -0.541. The molecule has 0 aliphatic heterocycles. The topological polar surface area (TPSA) is 99.5 Å². The maximum Gasteiger partial charge on any atom is 0.307 e. The van der Waals surface area contributed by atoms with Gasteiger partial charge in [-0.2, -0.15) is 5.10 Å². The van der Waals surface area contributed by atoms with Crippen molar-refractivity contribution in [1.82, 2.24) is 9.78 Å². The zero-order valence-corrected chi connectivity index (χ0v) is 18.9. The Morgan fingerprint density at radius 3 is 2.30 bits per heavy atom. The average molecular weight is 482 g/mol. The molecular weight excluding hydrogens is 454 g/mol. The molecule has 30 heavy (non-hydrogen) atoms. The smallest absolute Gasteiger partial charge is 0.307 e. The van der Waals surface area contributed by atoms with Crippen LogP contribution in [0.25, 0.3) is 0 Å². The van der Waals surface area contributed by atoms with Crippen molar-refractivity contribution >= 4 is 39.5 Å². The predicted molar refractivity (Wildman–Crippen MR) is 112 cm³/mol. The number of alkyl halides is 1. The highest BCUT2D eigenvalue weighted by atomic mass is 79.9. The van der Waals surface area contributed by atoms with Crippen LogP contribution in [-0.2, 0) is 23.9 Å². The Bertz CT molecular complexity index is 821. The average Bonchev–Trinajstić information content (AvgIpc) is 3.13. The first-order valence-electron chi connectivity index (χ1n) is 10.4. The van der Waals surface area contributed by atoms with Gasteiger partial charge in [-0.25, -0.2) is 0 Å². The van der Waals surface area contributed by atoms with Gasteiger partial charge >= 0.3 is 11.9 Å². The molecule has 1 aromatic rings. The molecular formula is C21H28BrN3O5. The molecule has 4 atom stereocenters. The molecule has 164 valence electrons. The number of aromatic nitrogens is 2. The third-order valence-corrected chi connectivity index (χ3v) is 7.89. The van der Waals surface area contributed by atoms with Gasteiger partial charge in [-0.05, 0) is 50.4 Å². The van der Waals surface area contributed by atoms with Gasteiger partial charge in [-0.1, -0.05) is 15.9 Å². The van der Waals surface area contributed by atoms with E-state index in [1.54, 1.807) is 12.4 Å². The molecule has 0 saturated heterocycles. The molecule has 4 saturated carbocycles. The summed E-state index contributed by atoms with van der Waals surface area (Å²) in [5.41, 5.74) is 0.242. The summed E-state index contributed by atoms with van der Waals surface area (Å²) in [7, 11) is 2.60. The predicted octanol–water partition coefficient (Wildman–Crippen LogP) is 3.22. The van der Waals surface area contributed by atoms with Gasteiger partial charge in [0.15, 0.2) is 0 Å². The Labute approximate surface area is 184 Å². The molecule has 1 amide bonds. The molecule has 4 aliphatic rings. The van der Waals surface area contributed by atoms with Crippen molar-refractivity contribution in [2.75, 3.05) is 19.5 Å². The third kappa shape index (κ3) is 4.13. The van der Waals surface area contributed by atoms with Crippen LogP contribution >= 0.6 is 15.9 Å². The molecule has 1 N–H and O–H groups in total. The first kappa shape index (κ1) is 21.3. The Balaban J connectivity index is 1.47. The minimum Gasteiger partial charge on any atom is -0.469 e. The van der Waals surface area contributed by atoms with Gasteiger partial charge in [-0.3, -0.25) is 19.1 Å². The number of carbonyl (C=O) groups is 3. The van der Waals surface area contributed by atoms with Crippen molar-refractivity contribution in [1.29, 1.82) is 0 Å². The van der Waals surface area contributed by atoms with Crippen LogP contribution in [-0.4, -0.2) is 46.2 Å². The number of halogens is 1. The number of ether oxygens (including phenoxy) is 2. The molecule has 1 aromatic heterocycles. The van der Waals surface area contributed by atoms with E-state index >= 15 is 0 Å². The van der Waals surface area contributed by atoms with Crippen molar-refractivity contribution in [2.24, 2.45) is 17.3 Å². The Kier molecular flexibility index (Phi) is 5.67. The second-order valence-corrected chi connectivity index (χ2v) is 11.0. The fraction of sp³-hybridized carbons (Fsp3) is 0.714. The second-order valence-electron chi connectivity index (χ2n) is 9.27. The number of hydrogen-bond donors (Lipinski definition) is 1. The lowest BCUT2D eigenvalue weighted by molar-refractivity contribution is -0.144. The third-order valence-electron chi connectivity index (χ3n) is 6.96. The van der Waals surface area contributed by atoms with E-state index in [2.05, 4.69) is 26.3 Å². The first-order valence-corrected chi connectivity index (χ1v) is 11.2. The molecule has 0 aromatic carbocycles. The summed E-state index contributed by atoms with van der Waals surface area (Å²) in [5.74, 6) is 0.395. The van der Waals surface area contributed by atoms with Crippen LogP contribution in [0.5, 0.6) is 0 Å². The molecule has 4 aliphatic carbocycles. The number of nitrogens with one attached hydrogen (secondary N) is 1. The van der Waals surface area contributed by atoms with Gasteiger partial charge in [0, 0.05) is 10.5 Å². The fourth-order valence-electron chi connectivity index (χ4n) is 6.09. The van der Waals surface area contributed by atoms with E-state index in [4.69, 9.17) is 9.47 Å². The number of esters is 2. The maximum atomic E-state index is 13.3. The van der Waals surface area contributed by atoms with Gasteiger partial charge < -0.3 is 14.8 Å². The Hall–Kier alpha value is -1.90. The fourth-order valence-corrected chi connectivity index (χ4v) is 7.55. The zero-order valence-electron chi connectivity index (χ0n) is 17.4. The number of carbonyl (C=O) groups excluding carboxylic acids is 3. The lowest BCUT2D eigenvalue weighted by atomic mass is 9.49. The normalized spacial score (nSPS) is 31.6. The van der Waals surface area contributed by atoms with Crippen molar-refractivity contribution in [3.8, 4) is 0 Å². The molecule has 4 bridgehead atoms. The molecule has 0 spiro atoms. The largest absolute Gasteiger partial charge is 0.469 e. The lowest BCUT2D eigenvalue weighted by Gasteiger charge is -2.59. The second kappa shape index (κ2) is 7.98. The van der Waals surface area contributed by atoms with Crippen LogP contribution in [0.1, 0.15) is 57.4 Å². The standard InChI is InChI=1S/C21H28BrN3O5/c1-29-17(26)4-16(5-18(27)30-2)25-11-15(10-23-25)24-19(28)20-6-13-3-14(7-20)9-21(22,8-13)12-20/h10-11,13-14,16H,3-9,12H2,1-2H3,(H,24,28)/t13-,14+,20?,21?. The van der Waals surface area contributed by atoms with Crippen molar-refractivity contribution < 1.29 is 23.9 Å². The van der Waals surface area contributed by atoms with Crippen LogP contribution in [0.2, 0.25) is 0 Å². The van der Waals surface area contributed by atoms with E-state index in [0.717, 1.165) is 19.3 Å². The quantitative estimate of drug-likeness (QED) is 0.473. The molecule has 5 rings (SSSR count). The van der Waals surface area contributed by atoms with Gasteiger partial charge in [0.1, 0.15) is 0 Å². The van der Waals surface area contributed by atoms with Crippen molar-refractivity contribution in [2.45, 2.75) is 61.7 Å². The summed E-state index contributed by atoms with van der Waals surface area (Å²) >= 11 is 3.94. The highest BCUT2D eigenvalue weighted by Gasteiger charge is 2.59. The van der Waals surface area contributed by atoms with Crippen LogP contribution < -0.4 is 5.32 Å². The number of amides is 1. The van der Waals surface area contributed by atoms with Gasteiger partial charge in [0.2, 0.25) is 5.91 Å². The van der Waals surface area contributed by atoms with Crippen molar-refractivity contribution in [3.63, 3.8) is 0 Å². The van der Waals surface area contributed by atoms with Crippen LogP contribution in [0.3, 0.4) is 0 Å². The number of hydrogen-bond acceptors (Lipinski definition) is 6. The number of rotatable bonds is 7. The lowest BCUT2D eigenvalue weighted by Crippen LogP contribution is -2.57. The summed E-state index contributed by atoms with van der Waals surface area (Å²) in [6.07, 6.45) is 9.54. The van der Waals surface area contributed by atoms with Crippen LogP contribution in [0.4, 0.5) is 5.69 Å². The van der Waals surface area contributed by atoms with Crippen LogP contribution in [0.15, 0.2) is 12.4 Å². The molecule has 2 unspecified atom stereocenters. The highest BCUT2D eigenvalue weighted by molar-refractivity contribution is 9.10. The Morgan fingerprint density at radius 1 is 1.17 bits per heavy atom. The summed E-state index contributed by atoms with van der Waals surface area (Å²) in [5, 5.41) is 7.33. The Morgan fingerprint density at radius 2 is 1.77 bits per heavy atom. The van der Waals surface area contributed by atoms with E-state index in [9.17, 15) is 14.4 Å². The van der Waals surface area contributed by atoms with E-state index in [0.29, 0.717) is 17.5 Å². The number of anilines is 1. The van der Waals surface area contributed by atoms with Gasteiger partial charge in [0.05, 0.1) is 50.4 Å². The van der Waals surface area contributed by atoms with Gasteiger partial charge in [-0.15, -0.1) is 0 Å². The van der Waals surface area contributed by atoms with E-state index in [1.165, 1.54) is 38.2 Å². The monoisotopic (exact) mass is 481 g/mol. The van der Waals surface area contributed by atoms with E-state index in [1.807, 2.05) is 0 Å².